The van der Waals surface area contributed by atoms with E-state index in [9.17, 15) is 4.79 Å². The minimum absolute atomic E-state index is 0.0130. The Bertz CT molecular complexity index is 294. The number of carbonyl (C=O) groups is 1. The predicted octanol–water partition coefficient (Wildman–Crippen LogP) is 1.26. The average molecular weight is 241 g/mol. The molecule has 98 valence electrons. The third-order valence-electron chi connectivity index (χ3n) is 3.72. The summed E-state index contributed by atoms with van der Waals surface area (Å²) in [6.45, 7) is 7.68. The van der Waals surface area contributed by atoms with E-state index < -0.39 is 5.92 Å². The number of nitrogens with zero attached hydrogens (tertiary/aromatic N) is 2. The second-order valence-corrected chi connectivity index (χ2v) is 5.15. The van der Waals surface area contributed by atoms with Crippen molar-refractivity contribution in [1.29, 1.82) is 0 Å². The van der Waals surface area contributed by atoms with Crippen LogP contribution in [0.4, 0.5) is 0 Å². The molecule has 5 heteroatoms. The molecule has 0 aliphatic carbocycles. The van der Waals surface area contributed by atoms with Crippen LogP contribution in [0.25, 0.3) is 0 Å². The predicted molar refractivity (Wildman–Crippen MR) is 66.7 cm³/mol. The molecule has 1 aliphatic rings. The summed E-state index contributed by atoms with van der Waals surface area (Å²) in [6, 6.07) is 0. The van der Waals surface area contributed by atoms with Crippen LogP contribution in [-0.2, 0) is 4.79 Å². The number of oxime groups is 1. The molecule has 17 heavy (non-hydrogen) atoms. The minimum atomic E-state index is -0.532. The van der Waals surface area contributed by atoms with Crippen molar-refractivity contribution in [2.75, 3.05) is 13.1 Å². The largest absolute Gasteiger partial charge is 0.409 e. The lowest BCUT2D eigenvalue weighted by Crippen LogP contribution is -2.45. The van der Waals surface area contributed by atoms with Gasteiger partial charge >= 0.3 is 0 Å². The van der Waals surface area contributed by atoms with Crippen molar-refractivity contribution in [3.05, 3.63) is 0 Å². The number of nitrogens with two attached hydrogens (primary N) is 1. The summed E-state index contributed by atoms with van der Waals surface area (Å²) in [5, 5.41) is 11.5. The highest BCUT2D eigenvalue weighted by molar-refractivity contribution is 6.01. The number of hydrogen-bond donors (Lipinski definition) is 2. The number of likely N-dealkylation sites (tertiary alicyclic amines) is 1. The zero-order chi connectivity index (χ0) is 13.0. The molecular formula is C12H23N3O2. The number of amides is 1. The molecular weight excluding hydrogens is 218 g/mol. The van der Waals surface area contributed by atoms with E-state index in [1.54, 1.807) is 6.92 Å². The molecule has 1 rings (SSSR count). The van der Waals surface area contributed by atoms with Gasteiger partial charge in [0.25, 0.3) is 0 Å². The molecule has 1 aliphatic heterocycles. The van der Waals surface area contributed by atoms with Gasteiger partial charge in [-0.1, -0.05) is 19.0 Å². The average Bonchev–Trinajstić information content (AvgIpc) is 2.36. The first-order valence-electron chi connectivity index (χ1n) is 6.23. The molecule has 1 heterocycles. The van der Waals surface area contributed by atoms with E-state index in [2.05, 4.69) is 19.0 Å². The van der Waals surface area contributed by atoms with Gasteiger partial charge in [0.2, 0.25) is 5.91 Å². The lowest BCUT2D eigenvalue weighted by molar-refractivity contribution is -0.134. The Morgan fingerprint density at radius 2 is 1.88 bits per heavy atom. The van der Waals surface area contributed by atoms with Gasteiger partial charge in [0.05, 0.1) is 5.92 Å². The maximum atomic E-state index is 12.0. The van der Waals surface area contributed by atoms with Crippen molar-refractivity contribution in [2.45, 2.75) is 33.6 Å². The lowest BCUT2D eigenvalue weighted by Gasteiger charge is -2.35. The summed E-state index contributed by atoms with van der Waals surface area (Å²) < 4.78 is 0. The van der Waals surface area contributed by atoms with Gasteiger partial charge in [-0.05, 0) is 31.6 Å². The van der Waals surface area contributed by atoms with Crippen molar-refractivity contribution >= 4 is 11.7 Å². The minimum Gasteiger partial charge on any atom is -0.409 e. The molecule has 1 fully saturated rings. The van der Waals surface area contributed by atoms with Crippen molar-refractivity contribution in [3.8, 4) is 0 Å². The highest BCUT2D eigenvalue weighted by Crippen LogP contribution is 2.25. The molecule has 0 saturated carbocycles. The topological polar surface area (TPSA) is 78.9 Å². The smallest absolute Gasteiger partial charge is 0.233 e. The second-order valence-electron chi connectivity index (χ2n) is 5.15. The Kier molecular flexibility index (Phi) is 4.78. The molecule has 0 aromatic rings. The van der Waals surface area contributed by atoms with Gasteiger partial charge in [0.15, 0.2) is 5.84 Å². The molecule has 1 amide bonds. The van der Waals surface area contributed by atoms with Crippen LogP contribution >= 0.6 is 0 Å². The Hall–Kier alpha value is -1.26. The van der Waals surface area contributed by atoms with Crippen molar-refractivity contribution in [1.82, 2.24) is 4.90 Å². The summed E-state index contributed by atoms with van der Waals surface area (Å²) in [5.41, 5.74) is 5.45. The Balaban J connectivity index is 2.51. The summed E-state index contributed by atoms with van der Waals surface area (Å²) in [4.78, 5) is 13.8. The Labute approximate surface area is 103 Å². The first kappa shape index (κ1) is 13.8. The van der Waals surface area contributed by atoms with Gasteiger partial charge in [-0.2, -0.15) is 0 Å². The van der Waals surface area contributed by atoms with E-state index in [0.29, 0.717) is 11.8 Å². The lowest BCUT2D eigenvalue weighted by atomic mass is 9.86. The Morgan fingerprint density at radius 3 is 2.29 bits per heavy atom. The quantitative estimate of drug-likeness (QED) is 0.338. The fraction of sp³-hybridized carbons (Fsp3) is 0.833. The molecule has 0 aromatic heterocycles. The van der Waals surface area contributed by atoms with Crippen molar-refractivity contribution in [2.24, 2.45) is 28.6 Å². The van der Waals surface area contributed by atoms with Crippen LogP contribution < -0.4 is 5.73 Å². The molecule has 0 radical (unpaired) electrons. The van der Waals surface area contributed by atoms with Crippen LogP contribution in [0.1, 0.15) is 33.6 Å². The highest BCUT2D eigenvalue weighted by Gasteiger charge is 2.28. The zero-order valence-corrected chi connectivity index (χ0v) is 10.9. The third kappa shape index (κ3) is 3.35. The summed E-state index contributed by atoms with van der Waals surface area (Å²) in [7, 11) is 0. The first-order valence-corrected chi connectivity index (χ1v) is 6.23. The van der Waals surface area contributed by atoms with E-state index >= 15 is 0 Å². The summed E-state index contributed by atoms with van der Waals surface area (Å²) in [5.74, 6) is 0.797. The van der Waals surface area contributed by atoms with Gasteiger partial charge in [-0.25, -0.2) is 0 Å². The van der Waals surface area contributed by atoms with E-state index in [1.165, 1.54) is 0 Å². The molecule has 3 N–H and O–H groups in total. The van der Waals surface area contributed by atoms with Crippen LogP contribution in [0.15, 0.2) is 5.16 Å². The third-order valence-corrected chi connectivity index (χ3v) is 3.72. The van der Waals surface area contributed by atoms with Gasteiger partial charge in [-0.3, -0.25) is 4.79 Å². The van der Waals surface area contributed by atoms with E-state index in [-0.39, 0.29) is 11.7 Å². The van der Waals surface area contributed by atoms with Crippen molar-refractivity contribution < 1.29 is 10.0 Å². The zero-order valence-electron chi connectivity index (χ0n) is 10.9. The van der Waals surface area contributed by atoms with Crippen molar-refractivity contribution in [3.63, 3.8) is 0 Å². The maximum Gasteiger partial charge on any atom is 0.233 e. The van der Waals surface area contributed by atoms with Crippen LogP contribution in [0, 0.1) is 17.8 Å². The number of rotatable bonds is 3. The molecule has 1 atom stereocenters. The molecule has 1 saturated heterocycles. The fourth-order valence-corrected chi connectivity index (χ4v) is 2.27. The Morgan fingerprint density at radius 1 is 1.35 bits per heavy atom. The van der Waals surface area contributed by atoms with Crippen LogP contribution in [0.5, 0.6) is 0 Å². The number of hydrogen-bond acceptors (Lipinski definition) is 3. The molecule has 0 bridgehead atoms. The molecule has 1 unspecified atom stereocenters. The van der Waals surface area contributed by atoms with Crippen LogP contribution in [0.3, 0.4) is 0 Å². The standard InChI is InChI=1S/C12H23N3O2/c1-8(2)10-4-6-15(7-5-10)12(16)9(3)11(13)14-17/h8-10,17H,4-7H2,1-3H3,(H2,13,14). The van der Waals surface area contributed by atoms with Crippen LogP contribution in [0.2, 0.25) is 0 Å². The van der Waals surface area contributed by atoms with E-state index in [0.717, 1.165) is 25.9 Å². The fourth-order valence-electron chi connectivity index (χ4n) is 2.27. The maximum absolute atomic E-state index is 12.0. The van der Waals surface area contributed by atoms with Crippen LogP contribution in [-0.4, -0.2) is 34.9 Å². The van der Waals surface area contributed by atoms with E-state index in [1.807, 2.05) is 4.90 Å². The number of amidine groups is 1. The first-order chi connectivity index (χ1) is 7.97. The van der Waals surface area contributed by atoms with Gasteiger partial charge in [0, 0.05) is 13.1 Å². The molecule has 5 nitrogen and oxygen atoms in total. The normalized spacial score (nSPS) is 20.7. The van der Waals surface area contributed by atoms with Gasteiger partial charge in [-0.15, -0.1) is 0 Å². The van der Waals surface area contributed by atoms with Gasteiger partial charge in [0.1, 0.15) is 0 Å². The summed E-state index contributed by atoms with van der Waals surface area (Å²) >= 11 is 0. The SMILES string of the molecule is CC(C(=O)N1CCC(C(C)C)CC1)C(N)=NO. The molecule has 0 aromatic carbocycles. The second kappa shape index (κ2) is 5.89. The van der Waals surface area contributed by atoms with Gasteiger partial charge < -0.3 is 15.8 Å². The summed E-state index contributed by atoms with van der Waals surface area (Å²) in [6.07, 6.45) is 2.10. The number of piperidine rings is 1. The monoisotopic (exact) mass is 241 g/mol. The molecule has 0 spiro atoms. The van der Waals surface area contributed by atoms with E-state index in [4.69, 9.17) is 10.9 Å². The number of carbonyl (C=O) groups excluding carboxylic acids is 1. The highest BCUT2D eigenvalue weighted by atomic mass is 16.4.